The summed E-state index contributed by atoms with van der Waals surface area (Å²) in [5.74, 6) is 0.132. The molecule has 0 bridgehead atoms. The van der Waals surface area contributed by atoms with E-state index in [1.54, 1.807) is 0 Å². The number of ether oxygens (including phenoxy) is 1. The second-order valence-corrected chi connectivity index (χ2v) is 8.47. The molecule has 2 aliphatic rings. The molecule has 1 heterocycles. The van der Waals surface area contributed by atoms with Crippen LogP contribution in [0.15, 0.2) is 0 Å². The van der Waals surface area contributed by atoms with Crippen LogP contribution in [-0.2, 0) is 9.53 Å². The van der Waals surface area contributed by atoms with Gasteiger partial charge in [-0.15, -0.1) is 0 Å². The van der Waals surface area contributed by atoms with E-state index >= 15 is 0 Å². The number of carbonyl (C=O) groups is 2. The summed E-state index contributed by atoms with van der Waals surface area (Å²) >= 11 is 0. The van der Waals surface area contributed by atoms with Crippen molar-refractivity contribution >= 4 is 12.0 Å². The molecule has 0 radical (unpaired) electrons. The molecule has 6 nitrogen and oxygen atoms in total. The Kier molecular flexibility index (Phi) is 6.12. The zero-order valence-electron chi connectivity index (χ0n) is 15.5. The number of nitrogens with one attached hydrogen (secondary N) is 3. The quantitative estimate of drug-likeness (QED) is 0.738. The summed E-state index contributed by atoms with van der Waals surface area (Å²) in [7, 11) is 0. The highest BCUT2D eigenvalue weighted by atomic mass is 16.6. The average Bonchev–Trinajstić information content (AvgIpc) is 2.64. The van der Waals surface area contributed by atoms with Gasteiger partial charge in [-0.2, -0.15) is 0 Å². The third kappa shape index (κ3) is 5.96. The smallest absolute Gasteiger partial charge is 0.408 e. The van der Waals surface area contributed by atoms with Crippen LogP contribution in [0.4, 0.5) is 4.79 Å². The minimum atomic E-state index is -0.480. The van der Waals surface area contributed by atoms with E-state index in [1.807, 2.05) is 20.8 Å². The first-order valence-corrected chi connectivity index (χ1v) is 9.22. The number of amides is 2. The second-order valence-electron chi connectivity index (χ2n) is 8.47. The van der Waals surface area contributed by atoms with Gasteiger partial charge in [-0.25, -0.2) is 4.79 Å². The Labute approximate surface area is 145 Å². The Bertz CT molecular complexity index is 451. The van der Waals surface area contributed by atoms with Gasteiger partial charge >= 0.3 is 6.09 Å². The molecule has 1 aliphatic carbocycles. The molecule has 1 atom stereocenters. The van der Waals surface area contributed by atoms with Crippen LogP contribution < -0.4 is 16.0 Å². The summed E-state index contributed by atoms with van der Waals surface area (Å²) in [4.78, 5) is 24.1. The molecule has 0 spiro atoms. The van der Waals surface area contributed by atoms with Crippen LogP contribution in [0, 0.1) is 0 Å². The SMILES string of the molecule is CC1(NC(=O)OC(C)(C)C)CCC(NC2CCCCNC2=O)CC1. The summed E-state index contributed by atoms with van der Waals surface area (Å²) in [5, 5.41) is 9.52. The van der Waals surface area contributed by atoms with E-state index in [0.29, 0.717) is 6.04 Å². The minimum Gasteiger partial charge on any atom is -0.444 e. The van der Waals surface area contributed by atoms with Crippen LogP contribution in [0.2, 0.25) is 0 Å². The molecule has 24 heavy (non-hydrogen) atoms. The van der Waals surface area contributed by atoms with Crippen LogP contribution in [0.3, 0.4) is 0 Å². The van der Waals surface area contributed by atoms with Crippen molar-refractivity contribution in [2.45, 2.75) is 95.9 Å². The maximum Gasteiger partial charge on any atom is 0.408 e. The molecule has 1 saturated heterocycles. The monoisotopic (exact) mass is 339 g/mol. The standard InChI is InChI=1S/C18H33N3O3/c1-17(2,3)24-16(23)21-18(4)10-8-13(9-11-18)20-14-7-5-6-12-19-15(14)22/h13-14,20H,5-12H2,1-4H3,(H,19,22)(H,21,23). The first kappa shape index (κ1) is 19.0. The summed E-state index contributed by atoms with van der Waals surface area (Å²) in [6, 6.07) is 0.271. The maximum absolute atomic E-state index is 12.0. The van der Waals surface area contributed by atoms with Gasteiger partial charge in [0.15, 0.2) is 0 Å². The lowest BCUT2D eigenvalue weighted by Gasteiger charge is -2.39. The molecule has 2 fully saturated rings. The lowest BCUT2D eigenvalue weighted by Crippen LogP contribution is -2.54. The van der Waals surface area contributed by atoms with Crippen LogP contribution >= 0.6 is 0 Å². The molecule has 1 aliphatic heterocycles. The second kappa shape index (κ2) is 7.72. The zero-order chi connectivity index (χ0) is 17.8. The van der Waals surface area contributed by atoms with E-state index in [2.05, 4.69) is 22.9 Å². The van der Waals surface area contributed by atoms with Gasteiger partial charge in [0.05, 0.1) is 6.04 Å². The third-order valence-corrected chi connectivity index (χ3v) is 4.86. The van der Waals surface area contributed by atoms with Gasteiger partial charge in [0.1, 0.15) is 5.60 Å². The Morgan fingerprint density at radius 2 is 1.88 bits per heavy atom. The minimum absolute atomic E-state index is 0.0688. The number of hydrogen-bond donors (Lipinski definition) is 3. The molecular weight excluding hydrogens is 306 g/mol. The normalized spacial score (nSPS) is 31.8. The maximum atomic E-state index is 12.0. The van der Waals surface area contributed by atoms with E-state index in [0.717, 1.165) is 51.5 Å². The predicted octanol–water partition coefficient (Wildman–Crippen LogP) is 2.47. The van der Waals surface area contributed by atoms with Crippen molar-refractivity contribution in [3.05, 3.63) is 0 Å². The fraction of sp³-hybridized carbons (Fsp3) is 0.889. The number of alkyl carbamates (subject to hydrolysis) is 1. The topological polar surface area (TPSA) is 79.5 Å². The van der Waals surface area contributed by atoms with Gasteiger partial charge in [-0.05, 0) is 72.6 Å². The van der Waals surface area contributed by atoms with Gasteiger partial charge in [0, 0.05) is 18.1 Å². The van der Waals surface area contributed by atoms with Crippen LogP contribution in [0.25, 0.3) is 0 Å². The molecule has 2 rings (SSSR count). The third-order valence-electron chi connectivity index (χ3n) is 4.86. The van der Waals surface area contributed by atoms with Crippen LogP contribution in [-0.4, -0.2) is 41.8 Å². The summed E-state index contributed by atoms with van der Waals surface area (Å²) in [6.07, 6.45) is 6.39. The Hall–Kier alpha value is -1.30. The molecule has 6 heteroatoms. The molecule has 0 aromatic rings. The van der Waals surface area contributed by atoms with E-state index in [1.165, 1.54) is 0 Å². The highest BCUT2D eigenvalue weighted by molar-refractivity contribution is 5.81. The Balaban J connectivity index is 1.79. The Morgan fingerprint density at radius 1 is 1.21 bits per heavy atom. The fourth-order valence-electron chi connectivity index (χ4n) is 3.48. The molecule has 0 aromatic heterocycles. The lowest BCUT2D eigenvalue weighted by atomic mass is 9.80. The van der Waals surface area contributed by atoms with Gasteiger partial charge in [0.25, 0.3) is 0 Å². The summed E-state index contributed by atoms with van der Waals surface area (Å²) in [5.41, 5.74) is -0.710. The number of carbonyl (C=O) groups excluding carboxylic acids is 2. The molecule has 138 valence electrons. The van der Waals surface area contributed by atoms with Gasteiger partial charge < -0.3 is 20.7 Å². The number of rotatable bonds is 3. The highest BCUT2D eigenvalue weighted by Crippen LogP contribution is 2.29. The van der Waals surface area contributed by atoms with Crippen LogP contribution in [0.1, 0.15) is 72.6 Å². The number of hydrogen-bond acceptors (Lipinski definition) is 4. The van der Waals surface area contributed by atoms with Crippen molar-refractivity contribution in [1.29, 1.82) is 0 Å². The van der Waals surface area contributed by atoms with Crippen molar-refractivity contribution in [3.63, 3.8) is 0 Å². The van der Waals surface area contributed by atoms with Crippen LogP contribution in [0.5, 0.6) is 0 Å². The van der Waals surface area contributed by atoms with Crippen molar-refractivity contribution < 1.29 is 14.3 Å². The lowest BCUT2D eigenvalue weighted by molar-refractivity contribution is -0.123. The molecule has 1 saturated carbocycles. The van der Waals surface area contributed by atoms with Crippen molar-refractivity contribution in [2.24, 2.45) is 0 Å². The molecule has 3 N–H and O–H groups in total. The molecule has 0 aromatic carbocycles. The van der Waals surface area contributed by atoms with E-state index in [-0.39, 0.29) is 23.6 Å². The van der Waals surface area contributed by atoms with Gasteiger partial charge in [-0.3, -0.25) is 4.79 Å². The first-order valence-electron chi connectivity index (χ1n) is 9.22. The zero-order valence-corrected chi connectivity index (χ0v) is 15.5. The molecular formula is C18H33N3O3. The first-order chi connectivity index (χ1) is 11.2. The Morgan fingerprint density at radius 3 is 2.50 bits per heavy atom. The van der Waals surface area contributed by atoms with Crippen molar-refractivity contribution in [3.8, 4) is 0 Å². The van der Waals surface area contributed by atoms with Gasteiger partial charge in [-0.1, -0.05) is 0 Å². The largest absolute Gasteiger partial charge is 0.444 e. The molecule has 1 unspecified atom stereocenters. The fourth-order valence-corrected chi connectivity index (χ4v) is 3.48. The van der Waals surface area contributed by atoms with Gasteiger partial charge in [0.2, 0.25) is 5.91 Å². The average molecular weight is 339 g/mol. The van der Waals surface area contributed by atoms with E-state index < -0.39 is 5.60 Å². The summed E-state index contributed by atoms with van der Waals surface area (Å²) in [6.45, 7) is 8.47. The van der Waals surface area contributed by atoms with E-state index in [9.17, 15) is 9.59 Å². The van der Waals surface area contributed by atoms with E-state index in [4.69, 9.17) is 4.74 Å². The molecule has 2 amide bonds. The summed E-state index contributed by atoms with van der Waals surface area (Å²) < 4.78 is 5.36. The highest BCUT2D eigenvalue weighted by Gasteiger charge is 2.35. The predicted molar refractivity (Wildman–Crippen MR) is 93.8 cm³/mol. The van der Waals surface area contributed by atoms with Crippen molar-refractivity contribution in [2.75, 3.05) is 6.54 Å². The van der Waals surface area contributed by atoms with Crippen molar-refractivity contribution in [1.82, 2.24) is 16.0 Å².